The molecule has 0 unspecified atom stereocenters. The minimum absolute atomic E-state index is 0.173. The molecule has 1 saturated heterocycles. The molecule has 2 amide bonds. The fourth-order valence-corrected chi connectivity index (χ4v) is 3.73. The van der Waals surface area contributed by atoms with Gasteiger partial charge in [0, 0.05) is 32.7 Å². The van der Waals surface area contributed by atoms with E-state index < -0.39 is 0 Å². The Kier molecular flexibility index (Phi) is 4.57. The van der Waals surface area contributed by atoms with Gasteiger partial charge in [-0.15, -0.1) is 0 Å². The molecule has 0 spiro atoms. The van der Waals surface area contributed by atoms with Gasteiger partial charge in [-0.25, -0.2) is 0 Å². The molecule has 2 heterocycles. The van der Waals surface area contributed by atoms with Gasteiger partial charge in [-0.3, -0.25) is 24.3 Å². The zero-order valence-electron chi connectivity index (χ0n) is 15.0. The number of carbonyl (C=O) groups excluding carboxylic acids is 2. The third-order valence-corrected chi connectivity index (χ3v) is 5.17. The van der Waals surface area contributed by atoms with Crippen LogP contribution in [0.4, 0.5) is 0 Å². The van der Waals surface area contributed by atoms with Gasteiger partial charge in [-0.1, -0.05) is 42.0 Å². The van der Waals surface area contributed by atoms with Crippen molar-refractivity contribution in [3.63, 3.8) is 0 Å². The van der Waals surface area contributed by atoms with Crippen LogP contribution in [0.25, 0.3) is 0 Å². The largest absolute Gasteiger partial charge is 0.297 e. The Balaban J connectivity index is 1.33. The summed E-state index contributed by atoms with van der Waals surface area (Å²) < 4.78 is 0. The summed E-state index contributed by atoms with van der Waals surface area (Å²) in [6, 6.07) is 15.7. The van der Waals surface area contributed by atoms with Crippen molar-refractivity contribution >= 4 is 11.8 Å². The van der Waals surface area contributed by atoms with Gasteiger partial charge < -0.3 is 0 Å². The maximum Gasteiger partial charge on any atom is 0.262 e. The quantitative estimate of drug-likeness (QED) is 0.795. The van der Waals surface area contributed by atoms with Crippen LogP contribution in [0.2, 0.25) is 0 Å². The van der Waals surface area contributed by atoms with Crippen molar-refractivity contribution in [2.45, 2.75) is 13.5 Å². The molecule has 134 valence electrons. The third kappa shape index (κ3) is 3.28. The third-order valence-electron chi connectivity index (χ3n) is 5.17. The van der Waals surface area contributed by atoms with Crippen LogP contribution in [0.3, 0.4) is 0 Å². The molecule has 0 bridgehead atoms. The number of carbonyl (C=O) groups is 2. The number of amides is 2. The molecule has 0 aliphatic carbocycles. The predicted molar refractivity (Wildman–Crippen MR) is 99.8 cm³/mol. The van der Waals surface area contributed by atoms with Crippen LogP contribution in [0.15, 0.2) is 48.5 Å². The van der Waals surface area contributed by atoms with Gasteiger partial charge in [0.2, 0.25) is 0 Å². The SMILES string of the molecule is Cc1cccc(CN2CCN(CN3C(=O)c4ccccc4C3=O)CC2)c1. The van der Waals surface area contributed by atoms with E-state index in [0.29, 0.717) is 17.8 Å². The first-order valence-corrected chi connectivity index (χ1v) is 9.07. The first-order valence-electron chi connectivity index (χ1n) is 9.07. The summed E-state index contributed by atoms with van der Waals surface area (Å²) in [6.45, 7) is 7.04. The fraction of sp³-hybridized carbons (Fsp3) is 0.333. The van der Waals surface area contributed by atoms with Gasteiger partial charge in [0.25, 0.3) is 11.8 Å². The summed E-state index contributed by atoms with van der Waals surface area (Å²) in [6.07, 6.45) is 0. The zero-order valence-corrected chi connectivity index (χ0v) is 15.0. The topological polar surface area (TPSA) is 43.9 Å². The van der Waals surface area contributed by atoms with E-state index in [1.807, 2.05) is 0 Å². The number of piperazine rings is 1. The standard InChI is InChI=1S/C21H23N3O2/c1-16-5-4-6-17(13-16)14-22-9-11-23(12-10-22)15-24-20(25)18-7-2-3-8-19(18)21(24)26/h2-8,13H,9-12,14-15H2,1H3. The maximum atomic E-state index is 12.5. The van der Waals surface area contributed by atoms with E-state index in [1.54, 1.807) is 24.3 Å². The number of nitrogens with zero attached hydrogens (tertiary/aromatic N) is 3. The minimum atomic E-state index is -0.173. The lowest BCUT2D eigenvalue weighted by molar-refractivity contribution is 0.0447. The summed E-state index contributed by atoms with van der Waals surface area (Å²) in [5, 5.41) is 0. The van der Waals surface area contributed by atoms with Crippen molar-refractivity contribution in [2.24, 2.45) is 0 Å². The Bertz CT molecular complexity index is 806. The number of hydrogen-bond donors (Lipinski definition) is 0. The highest BCUT2D eigenvalue weighted by Gasteiger charge is 2.36. The summed E-state index contributed by atoms with van der Waals surface area (Å²) in [5.41, 5.74) is 3.66. The molecular formula is C21H23N3O2. The number of aryl methyl sites for hydroxylation is 1. The number of hydrogen-bond acceptors (Lipinski definition) is 4. The number of imide groups is 1. The smallest absolute Gasteiger partial charge is 0.262 e. The van der Waals surface area contributed by atoms with Crippen molar-refractivity contribution in [2.75, 3.05) is 32.8 Å². The second-order valence-corrected chi connectivity index (χ2v) is 7.11. The average molecular weight is 349 g/mol. The van der Waals surface area contributed by atoms with E-state index in [2.05, 4.69) is 41.0 Å². The molecule has 5 nitrogen and oxygen atoms in total. The molecule has 0 saturated carbocycles. The van der Waals surface area contributed by atoms with Crippen LogP contribution in [0.1, 0.15) is 31.8 Å². The van der Waals surface area contributed by atoms with Crippen molar-refractivity contribution in [1.82, 2.24) is 14.7 Å². The first-order chi connectivity index (χ1) is 12.6. The highest BCUT2D eigenvalue weighted by atomic mass is 16.2. The molecular weight excluding hydrogens is 326 g/mol. The molecule has 2 aliphatic rings. The fourth-order valence-electron chi connectivity index (χ4n) is 3.73. The van der Waals surface area contributed by atoms with Gasteiger partial charge in [-0.05, 0) is 24.6 Å². The Morgan fingerprint density at radius 3 is 2.04 bits per heavy atom. The van der Waals surface area contributed by atoms with Crippen molar-refractivity contribution in [3.05, 3.63) is 70.8 Å². The molecule has 5 heteroatoms. The van der Waals surface area contributed by atoms with Crippen LogP contribution < -0.4 is 0 Å². The van der Waals surface area contributed by atoms with E-state index in [0.717, 1.165) is 32.7 Å². The molecule has 0 aromatic heterocycles. The molecule has 0 atom stereocenters. The lowest BCUT2D eigenvalue weighted by atomic mass is 10.1. The minimum Gasteiger partial charge on any atom is -0.297 e. The lowest BCUT2D eigenvalue weighted by Crippen LogP contribution is -2.50. The average Bonchev–Trinajstić information content (AvgIpc) is 2.89. The summed E-state index contributed by atoms with van der Waals surface area (Å²) >= 11 is 0. The Labute approximate surface area is 153 Å². The van der Waals surface area contributed by atoms with E-state index in [9.17, 15) is 9.59 Å². The number of fused-ring (bicyclic) bond motifs is 1. The van der Waals surface area contributed by atoms with Crippen LogP contribution in [-0.4, -0.2) is 59.4 Å². The Hall–Kier alpha value is -2.50. The van der Waals surface area contributed by atoms with Crippen LogP contribution in [-0.2, 0) is 6.54 Å². The van der Waals surface area contributed by atoms with Crippen LogP contribution >= 0.6 is 0 Å². The highest BCUT2D eigenvalue weighted by molar-refractivity contribution is 6.21. The molecule has 0 N–H and O–H groups in total. The van der Waals surface area contributed by atoms with E-state index in [-0.39, 0.29) is 11.8 Å². The molecule has 1 fully saturated rings. The van der Waals surface area contributed by atoms with Crippen molar-refractivity contribution in [1.29, 1.82) is 0 Å². The molecule has 26 heavy (non-hydrogen) atoms. The molecule has 4 rings (SSSR count). The number of rotatable bonds is 4. The van der Waals surface area contributed by atoms with E-state index >= 15 is 0 Å². The second-order valence-electron chi connectivity index (χ2n) is 7.11. The lowest BCUT2D eigenvalue weighted by Gasteiger charge is -2.36. The van der Waals surface area contributed by atoms with Gasteiger partial charge in [0.05, 0.1) is 17.8 Å². The molecule has 2 aromatic rings. The normalized spacial score (nSPS) is 18.4. The first kappa shape index (κ1) is 16.9. The Morgan fingerprint density at radius 2 is 1.42 bits per heavy atom. The van der Waals surface area contributed by atoms with Crippen LogP contribution in [0.5, 0.6) is 0 Å². The second kappa shape index (κ2) is 7.02. The van der Waals surface area contributed by atoms with Crippen LogP contribution in [0, 0.1) is 6.92 Å². The van der Waals surface area contributed by atoms with Gasteiger partial charge in [-0.2, -0.15) is 0 Å². The highest BCUT2D eigenvalue weighted by Crippen LogP contribution is 2.23. The molecule has 2 aliphatic heterocycles. The monoisotopic (exact) mass is 349 g/mol. The van der Waals surface area contributed by atoms with E-state index in [4.69, 9.17) is 0 Å². The predicted octanol–water partition coefficient (Wildman–Crippen LogP) is 2.37. The van der Waals surface area contributed by atoms with Crippen molar-refractivity contribution in [3.8, 4) is 0 Å². The van der Waals surface area contributed by atoms with Crippen molar-refractivity contribution < 1.29 is 9.59 Å². The van der Waals surface area contributed by atoms with Gasteiger partial charge in [0.1, 0.15) is 0 Å². The Morgan fingerprint density at radius 1 is 0.808 bits per heavy atom. The summed E-state index contributed by atoms with van der Waals surface area (Å²) in [5.74, 6) is -0.347. The molecule has 2 aromatic carbocycles. The zero-order chi connectivity index (χ0) is 18.1. The molecule has 0 radical (unpaired) electrons. The van der Waals surface area contributed by atoms with Gasteiger partial charge in [0.15, 0.2) is 0 Å². The van der Waals surface area contributed by atoms with Gasteiger partial charge >= 0.3 is 0 Å². The van der Waals surface area contributed by atoms with E-state index in [1.165, 1.54) is 16.0 Å². The maximum absolute atomic E-state index is 12.5. The summed E-state index contributed by atoms with van der Waals surface area (Å²) in [7, 11) is 0. The summed E-state index contributed by atoms with van der Waals surface area (Å²) in [4.78, 5) is 31.0. The number of benzene rings is 2.